The van der Waals surface area contributed by atoms with Crippen molar-refractivity contribution in [1.82, 2.24) is 9.59 Å². The molecule has 9 heteroatoms. The largest absolute Gasteiger partial charge is 0.496 e. The van der Waals surface area contributed by atoms with Gasteiger partial charge in [-0.05, 0) is 17.6 Å². The Balaban J connectivity index is 2.33. The van der Waals surface area contributed by atoms with E-state index in [0.717, 1.165) is 11.5 Å². The molecule has 2 aromatic rings. The first-order valence-corrected chi connectivity index (χ1v) is 6.43. The number of carbonyl (C=O) groups excluding carboxylic acids is 1. The monoisotopic (exact) mass is 313 g/mol. The number of halogens is 1. The number of rotatable bonds is 4. The highest BCUT2D eigenvalue weighted by Gasteiger charge is 2.17. The summed E-state index contributed by atoms with van der Waals surface area (Å²) in [7, 11) is 1.33. The van der Waals surface area contributed by atoms with Crippen LogP contribution in [0.15, 0.2) is 17.5 Å². The van der Waals surface area contributed by atoms with Gasteiger partial charge in [0.2, 0.25) is 0 Å². The second kappa shape index (κ2) is 5.85. The van der Waals surface area contributed by atoms with Crippen LogP contribution in [-0.2, 0) is 0 Å². The first-order chi connectivity index (χ1) is 9.52. The normalized spacial score (nSPS) is 10.1. The molecule has 0 atom stereocenters. The third-order valence-electron chi connectivity index (χ3n) is 2.36. The Hall–Kier alpha value is -2.19. The van der Waals surface area contributed by atoms with Gasteiger partial charge in [-0.2, -0.15) is 0 Å². The molecular weight excluding hydrogens is 306 g/mol. The van der Waals surface area contributed by atoms with Crippen molar-refractivity contribution in [2.24, 2.45) is 0 Å². The number of aromatic nitrogens is 2. The van der Waals surface area contributed by atoms with Crippen LogP contribution >= 0.6 is 23.1 Å². The summed E-state index contributed by atoms with van der Waals surface area (Å²) >= 11 is 6.98. The summed E-state index contributed by atoms with van der Waals surface area (Å²) in [5.41, 5.74) is 0.282. The Morgan fingerprint density at radius 2 is 2.20 bits per heavy atom. The van der Waals surface area contributed by atoms with Crippen LogP contribution in [0.4, 0.5) is 5.69 Å². The molecule has 2 N–H and O–H groups in total. The number of hydrogen-bond acceptors (Lipinski definition) is 6. The third-order valence-corrected chi connectivity index (χ3v) is 3.18. The maximum atomic E-state index is 11.8. The molecule has 1 heterocycles. The van der Waals surface area contributed by atoms with Crippen molar-refractivity contribution >= 4 is 40.7 Å². The Morgan fingerprint density at radius 3 is 2.75 bits per heavy atom. The Kier molecular flexibility index (Phi) is 4.16. The molecule has 7 nitrogen and oxygen atoms in total. The predicted octanol–water partition coefficient (Wildman–Crippen LogP) is 2.15. The number of carbonyl (C=O) groups is 2. The lowest BCUT2D eigenvalue weighted by Crippen LogP contribution is -2.13. The van der Waals surface area contributed by atoms with Crippen LogP contribution in [-0.4, -0.2) is 33.7 Å². The van der Waals surface area contributed by atoms with E-state index in [2.05, 4.69) is 14.9 Å². The quantitative estimate of drug-likeness (QED) is 0.896. The number of benzene rings is 1. The number of aromatic carboxylic acids is 1. The van der Waals surface area contributed by atoms with Crippen LogP contribution in [0.1, 0.15) is 20.8 Å². The summed E-state index contributed by atoms with van der Waals surface area (Å²) in [6.07, 6.45) is 0. The van der Waals surface area contributed by atoms with Crippen molar-refractivity contribution in [1.29, 1.82) is 0 Å². The van der Waals surface area contributed by atoms with Gasteiger partial charge in [0.1, 0.15) is 11.3 Å². The molecule has 0 fully saturated rings. The predicted molar refractivity (Wildman–Crippen MR) is 72.8 cm³/mol. The number of hydrogen-bond donors (Lipinski definition) is 2. The van der Waals surface area contributed by atoms with E-state index in [9.17, 15) is 9.59 Å². The van der Waals surface area contributed by atoms with Gasteiger partial charge in [0.15, 0.2) is 5.69 Å². The number of carboxylic acids is 1. The van der Waals surface area contributed by atoms with Crippen LogP contribution in [0.2, 0.25) is 5.02 Å². The molecule has 0 aliphatic carbocycles. The van der Waals surface area contributed by atoms with Crippen molar-refractivity contribution in [2.75, 3.05) is 12.4 Å². The molecule has 1 aromatic carbocycles. The molecule has 1 aromatic heterocycles. The van der Waals surface area contributed by atoms with Crippen molar-refractivity contribution in [3.63, 3.8) is 0 Å². The first kappa shape index (κ1) is 14.2. The number of ether oxygens (including phenoxy) is 1. The average Bonchev–Trinajstić information content (AvgIpc) is 2.94. The van der Waals surface area contributed by atoms with Crippen molar-refractivity contribution < 1.29 is 19.4 Å². The van der Waals surface area contributed by atoms with Crippen LogP contribution in [0.3, 0.4) is 0 Å². The molecule has 1 amide bonds. The van der Waals surface area contributed by atoms with E-state index in [4.69, 9.17) is 21.4 Å². The van der Waals surface area contributed by atoms with Gasteiger partial charge < -0.3 is 15.2 Å². The van der Waals surface area contributed by atoms with Gasteiger partial charge in [-0.15, -0.1) is 5.10 Å². The summed E-state index contributed by atoms with van der Waals surface area (Å²) in [6.45, 7) is 0. The number of anilines is 1. The third kappa shape index (κ3) is 2.86. The van der Waals surface area contributed by atoms with E-state index >= 15 is 0 Å². The Morgan fingerprint density at radius 1 is 1.45 bits per heavy atom. The minimum atomic E-state index is -1.18. The molecule has 0 spiro atoms. The molecule has 2 rings (SSSR count). The highest BCUT2D eigenvalue weighted by Crippen LogP contribution is 2.31. The van der Waals surface area contributed by atoms with Crippen molar-refractivity contribution in [3.8, 4) is 5.75 Å². The summed E-state index contributed by atoms with van der Waals surface area (Å²) in [4.78, 5) is 22.8. The van der Waals surface area contributed by atoms with Crippen LogP contribution in [0.25, 0.3) is 0 Å². The molecule has 0 aliphatic rings. The number of nitrogens with zero attached hydrogens (tertiary/aromatic N) is 2. The van der Waals surface area contributed by atoms with Gasteiger partial charge in [0.25, 0.3) is 5.91 Å². The molecule has 0 bridgehead atoms. The van der Waals surface area contributed by atoms with Gasteiger partial charge in [0, 0.05) is 11.4 Å². The van der Waals surface area contributed by atoms with Crippen molar-refractivity contribution in [3.05, 3.63) is 33.8 Å². The average molecular weight is 314 g/mol. The molecule has 104 valence electrons. The fraction of sp³-hybridized carbons (Fsp3) is 0.0909. The number of amides is 1. The van der Waals surface area contributed by atoms with E-state index < -0.39 is 11.9 Å². The van der Waals surface area contributed by atoms with Gasteiger partial charge in [-0.25, -0.2) is 4.79 Å². The van der Waals surface area contributed by atoms with Gasteiger partial charge in [-0.3, -0.25) is 4.79 Å². The second-order valence-electron chi connectivity index (χ2n) is 3.58. The van der Waals surface area contributed by atoms with E-state index in [-0.39, 0.29) is 27.7 Å². The maximum Gasteiger partial charge on any atom is 0.339 e. The summed E-state index contributed by atoms with van der Waals surface area (Å²) in [5, 5.41) is 16.7. The molecular formula is C11H8ClN3O4S. The number of nitrogens with one attached hydrogen (secondary N) is 1. The molecule has 0 radical (unpaired) electrons. The second-order valence-corrected chi connectivity index (χ2v) is 4.60. The maximum absolute atomic E-state index is 11.8. The first-order valence-electron chi connectivity index (χ1n) is 5.22. The SMILES string of the molecule is COc1cc(NC(=O)c2csnn2)c(Cl)cc1C(=O)O. The zero-order valence-electron chi connectivity index (χ0n) is 10.1. The Bertz CT molecular complexity index is 660. The molecule has 0 saturated carbocycles. The van der Waals surface area contributed by atoms with Crippen LogP contribution in [0.5, 0.6) is 5.75 Å². The number of carboxylic acid groups (broad SMARTS) is 1. The highest BCUT2D eigenvalue weighted by atomic mass is 35.5. The van der Waals surface area contributed by atoms with Gasteiger partial charge in [0.05, 0.1) is 17.8 Å². The van der Waals surface area contributed by atoms with Crippen LogP contribution in [0, 0.1) is 0 Å². The summed E-state index contributed by atoms with van der Waals surface area (Å²) in [6, 6.07) is 2.54. The van der Waals surface area contributed by atoms with Crippen LogP contribution < -0.4 is 10.1 Å². The van der Waals surface area contributed by atoms with E-state index in [1.165, 1.54) is 24.6 Å². The highest BCUT2D eigenvalue weighted by molar-refractivity contribution is 7.03. The molecule has 0 saturated heterocycles. The zero-order valence-corrected chi connectivity index (χ0v) is 11.7. The van der Waals surface area contributed by atoms with E-state index in [1.807, 2.05) is 0 Å². The lowest BCUT2D eigenvalue weighted by atomic mass is 10.1. The molecule has 0 aliphatic heterocycles. The fourth-order valence-electron chi connectivity index (χ4n) is 1.44. The topological polar surface area (TPSA) is 101 Å². The van der Waals surface area contributed by atoms with E-state index in [0.29, 0.717) is 0 Å². The standard InChI is InChI=1S/C11H8ClN3O4S/c1-19-9-3-7(6(12)2-5(9)11(17)18)13-10(16)8-4-20-15-14-8/h2-4H,1H3,(H,13,16)(H,17,18). The molecule has 20 heavy (non-hydrogen) atoms. The fourth-order valence-corrected chi connectivity index (χ4v) is 2.08. The minimum absolute atomic E-state index is 0.0831. The van der Waals surface area contributed by atoms with Gasteiger partial charge >= 0.3 is 5.97 Å². The van der Waals surface area contributed by atoms with Crippen molar-refractivity contribution in [2.45, 2.75) is 0 Å². The van der Waals surface area contributed by atoms with Gasteiger partial charge in [-0.1, -0.05) is 16.1 Å². The Labute approximate surface area is 122 Å². The lowest BCUT2D eigenvalue weighted by molar-refractivity contribution is 0.0693. The number of methoxy groups -OCH3 is 1. The lowest BCUT2D eigenvalue weighted by Gasteiger charge is -2.10. The molecule has 0 unspecified atom stereocenters. The zero-order chi connectivity index (χ0) is 14.7. The van der Waals surface area contributed by atoms with E-state index in [1.54, 1.807) is 0 Å². The smallest absolute Gasteiger partial charge is 0.339 e. The summed E-state index contributed by atoms with van der Waals surface area (Å²) < 4.78 is 8.53. The summed E-state index contributed by atoms with van der Waals surface area (Å²) in [5.74, 6) is -1.58. The minimum Gasteiger partial charge on any atom is -0.496 e.